The minimum atomic E-state index is -0.993. The van der Waals surface area contributed by atoms with Crippen LogP contribution in [0.15, 0.2) is 249 Å². The Hall–Kier alpha value is -12.7. The Balaban J connectivity index is 0.000000153. The van der Waals surface area contributed by atoms with Gasteiger partial charge in [0.15, 0.2) is 52.4 Å². The minimum absolute atomic E-state index is 0.0214. The number of ether oxygens (including phenoxy) is 5. The molecule has 1 saturated heterocycles. The molecule has 510 valence electrons. The van der Waals surface area contributed by atoms with Crippen molar-refractivity contribution in [3.63, 3.8) is 0 Å². The average molecular weight is 1360 g/mol. The van der Waals surface area contributed by atoms with E-state index in [0.717, 1.165) is 33.4 Å². The van der Waals surface area contributed by atoms with Crippen LogP contribution in [0.4, 0.5) is 0 Å². The monoisotopic (exact) mass is 1360 g/mol. The number of phenols is 4. The Morgan fingerprint density at radius 3 is 0.990 bits per heavy atom. The summed E-state index contributed by atoms with van der Waals surface area (Å²) < 4.78 is 25.2. The molecule has 3 aromatic heterocycles. The summed E-state index contributed by atoms with van der Waals surface area (Å²) >= 11 is 0. The van der Waals surface area contributed by atoms with Gasteiger partial charge in [-0.15, -0.1) is 0 Å². The molecule has 0 amide bonds. The van der Waals surface area contributed by atoms with Crippen molar-refractivity contribution in [3.8, 4) is 137 Å². The van der Waals surface area contributed by atoms with Crippen molar-refractivity contribution >= 4 is 11.9 Å². The van der Waals surface area contributed by atoms with Gasteiger partial charge < -0.3 is 59.4 Å². The average Bonchev–Trinajstić information content (AvgIpc) is 1.51. The number of nitrogens with zero attached hydrogens (tertiary/aromatic N) is 9. The van der Waals surface area contributed by atoms with Crippen LogP contribution in [0.25, 0.3) is 102 Å². The third-order valence-corrected chi connectivity index (χ3v) is 14.5. The van der Waals surface area contributed by atoms with Gasteiger partial charge in [0.2, 0.25) is 0 Å². The number of hydrogen-bond acceptors (Lipinski definition) is 23. The molecule has 23 nitrogen and oxygen atoms in total. The number of carbonyl (C=O) groups is 2. The molecular weight excluding hydrogens is 1290 g/mol. The van der Waals surface area contributed by atoms with E-state index in [1.807, 2.05) is 182 Å². The molecular formula is C78H69N9O14. The molecule has 13 rings (SSSR count). The van der Waals surface area contributed by atoms with E-state index in [4.69, 9.17) is 28.8 Å². The van der Waals surface area contributed by atoms with E-state index in [9.17, 15) is 40.2 Å². The standard InChI is InChI=1S/C26H23N3O5.C24H21N3O4.C21H15N3O2.C7H10O3/c1-17(30)33-15-20(31)16-34-21-12-13-22(23(32)14-21)26-28-24(18-8-4-2-5-9-18)27-25(29-26)19-10-6-3-7-11-19;28-14-18(29)15-31-19-11-12-20(21(30)13-19)24-26-22(16-7-3-1-4-8-16)25-23(27-24)17-9-5-2-6-10-17;25-16-11-12-17(18(26)13-16)21-23-19(14-7-3-1-4-8-14)22-20(24-21)15-9-5-2-6-10-15;1-5(2)7(8)10-4-6-3-9-6/h2-14,20,31-32H,15-16H2,1H3;1-13,18,28-30H,14-15H2;1-13,25-26H;6H,1,3-4H2,2H3. The fourth-order valence-electron chi connectivity index (χ4n) is 9.23. The van der Waals surface area contributed by atoms with Crippen molar-refractivity contribution < 1.29 is 69.0 Å². The number of epoxide rings is 1. The van der Waals surface area contributed by atoms with Crippen molar-refractivity contribution in [1.29, 1.82) is 0 Å². The Morgan fingerprint density at radius 1 is 0.416 bits per heavy atom. The van der Waals surface area contributed by atoms with Crippen molar-refractivity contribution in [2.45, 2.75) is 32.2 Å². The predicted molar refractivity (Wildman–Crippen MR) is 377 cm³/mol. The molecule has 7 N–H and O–H groups in total. The first kappa shape index (κ1) is 71.1. The highest BCUT2D eigenvalue weighted by molar-refractivity contribution is 5.87. The van der Waals surface area contributed by atoms with Crippen molar-refractivity contribution in [1.82, 2.24) is 44.9 Å². The summed E-state index contributed by atoms with van der Waals surface area (Å²) in [5.74, 6) is 3.58. The molecule has 1 aliphatic rings. The second-order valence-electron chi connectivity index (χ2n) is 22.4. The van der Waals surface area contributed by atoms with E-state index in [1.165, 1.54) is 31.2 Å². The number of carbonyl (C=O) groups excluding carboxylic acids is 2. The SMILES string of the molecule is C=C(C)C(=O)OCC1CO1.CC(=O)OCC(O)COc1ccc(-c2nc(-c3ccccc3)nc(-c3ccccc3)n2)c(O)c1.OCC(O)COc1ccc(-c2nc(-c3ccccc3)nc(-c3ccccc3)n2)c(O)c1.Oc1ccc(-c2nc(-c3ccccc3)nc(-c3ccccc3)n2)c(O)c1. The summed E-state index contributed by atoms with van der Waals surface area (Å²) in [6.45, 7) is 6.64. The second-order valence-corrected chi connectivity index (χ2v) is 22.4. The predicted octanol–water partition coefficient (Wildman–Crippen LogP) is 12.0. The van der Waals surface area contributed by atoms with E-state index in [-0.39, 0.29) is 54.9 Å². The number of aromatic nitrogens is 9. The zero-order chi connectivity index (χ0) is 71.0. The molecule has 1 fully saturated rings. The molecule has 23 heteroatoms. The van der Waals surface area contributed by atoms with Gasteiger partial charge in [0.25, 0.3) is 0 Å². The lowest BCUT2D eigenvalue weighted by Crippen LogP contribution is -2.24. The number of phenolic OH excluding ortho intramolecular Hbond substituents is 4. The van der Waals surface area contributed by atoms with E-state index >= 15 is 0 Å². The lowest BCUT2D eigenvalue weighted by molar-refractivity contribution is -0.144. The molecule has 9 aromatic carbocycles. The summed E-state index contributed by atoms with van der Waals surface area (Å²) in [6.07, 6.45) is -1.84. The van der Waals surface area contributed by atoms with Gasteiger partial charge in [-0.1, -0.05) is 189 Å². The maximum absolute atomic E-state index is 10.8. The molecule has 0 saturated carbocycles. The summed E-state index contributed by atoms with van der Waals surface area (Å²) in [5.41, 5.74) is 6.71. The molecule has 3 atom stereocenters. The first-order valence-corrected chi connectivity index (χ1v) is 31.6. The normalized spacial score (nSPS) is 12.4. The highest BCUT2D eigenvalue weighted by Gasteiger charge is 2.25. The number of hydrogen-bond donors (Lipinski definition) is 7. The van der Waals surface area contributed by atoms with Crippen molar-refractivity contribution in [2.24, 2.45) is 0 Å². The lowest BCUT2D eigenvalue weighted by Gasteiger charge is -2.13. The van der Waals surface area contributed by atoms with Crippen LogP contribution in [0, 0.1) is 0 Å². The van der Waals surface area contributed by atoms with Crippen LogP contribution in [0.3, 0.4) is 0 Å². The molecule has 12 aromatic rings. The first-order chi connectivity index (χ1) is 49.0. The van der Waals surface area contributed by atoms with Crippen LogP contribution >= 0.6 is 0 Å². The summed E-state index contributed by atoms with van der Waals surface area (Å²) in [6, 6.07) is 71.2. The number of aliphatic hydroxyl groups is 3. The lowest BCUT2D eigenvalue weighted by atomic mass is 10.1. The molecule has 4 heterocycles. The Kier molecular flexibility index (Phi) is 24.7. The van der Waals surface area contributed by atoms with E-state index < -0.39 is 24.8 Å². The van der Waals surface area contributed by atoms with Crippen LogP contribution in [0.2, 0.25) is 0 Å². The zero-order valence-electron chi connectivity index (χ0n) is 54.7. The molecule has 0 bridgehead atoms. The van der Waals surface area contributed by atoms with E-state index in [1.54, 1.807) is 37.3 Å². The fraction of sp³-hybridized carbons (Fsp3) is 0.141. The molecule has 3 unspecified atom stereocenters. The topological polar surface area (TPSA) is 341 Å². The summed E-state index contributed by atoms with van der Waals surface area (Å²) in [7, 11) is 0. The summed E-state index contributed by atoms with van der Waals surface area (Å²) in [5, 5.41) is 69.2. The fourth-order valence-corrected chi connectivity index (χ4v) is 9.23. The largest absolute Gasteiger partial charge is 0.508 e. The van der Waals surface area contributed by atoms with Gasteiger partial charge in [-0.3, -0.25) is 4.79 Å². The van der Waals surface area contributed by atoms with Gasteiger partial charge >= 0.3 is 11.9 Å². The molecule has 1 aliphatic heterocycles. The van der Waals surface area contributed by atoms with Crippen LogP contribution in [-0.2, 0) is 23.8 Å². The zero-order valence-corrected chi connectivity index (χ0v) is 54.7. The van der Waals surface area contributed by atoms with Gasteiger partial charge in [-0.05, 0) is 43.3 Å². The quantitative estimate of drug-likeness (QED) is 0.0200. The minimum Gasteiger partial charge on any atom is -0.508 e. The van der Waals surface area contributed by atoms with Gasteiger partial charge in [-0.25, -0.2) is 49.7 Å². The van der Waals surface area contributed by atoms with Crippen LogP contribution in [0.5, 0.6) is 34.5 Å². The third kappa shape index (κ3) is 20.7. The Bertz CT molecular complexity index is 4550. The Labute approximate surface area is 580 Å². The number of aromatic hydroxyl groups is 4. The number of aliphatic hydroxyl groups excluding tert-OH is 3. The number of rotatable bonds is 21. The maximum Gasteiger partial charge on any atom is 0.333 e. The molecule has 0 spiro atoms. The van der Waals surface area contributed by atoms with Gasteiger partial charge in [-0.2, -0.15) is 0 Å². The van der Waals surface area contributed by atoms with Crippen molar-refractivity contribution in [3.05, 3.63) is 249 Å². The second kappa shape index (κ2) is 35.0. The van der Waals surface area contributed by atoms with E-state index in [0.29, 0.717) is 99.4 Å². The van der Waals surface area contributed by atoms with E-state index in [2.05, 4.69) is 51.4 Å². The number of esters is 2. The maximum atomic E-state index is 10.8. The molecule has 0 radical (unpaired) electrons. The van der Waals surface area contributed by atoms with Crippen molar-refractivity contribution in [2.75, 3.05) is 39.6 Å². The number of benzene rings is 9. The highest BCUT2D eigenvalue weighted by Crippen LogP contribution is 2.36. The first-order valence-electron chi connectivity index (χ1n) is 31.6. The van der Waals surface area contributed by atoms with Gasteiger partial charge in [0.05, 0.1) is 29.9 Å². The van der Waals surface area contributed by atoms with Crippen LogP contribution in [0.1, 0.15) is 13.8 Å². The molecule has 101 heavy (non-hydrogen) atoms. The van der Waals surface area contributed by atoms with Gasteiger partial charge in [0.1, 0.15) is 79.2 Å². The molecule has 0 aliphatic carbocycles. The smallest absolute Gasteiger partial charge is 0.333 e. The summed E-state index contributed by atoms with van der Waals surface area (Å²) in [4.78, 5) is 62.8. The highest BCUT2D eigenvalue weighted by atomic mass is 16.6. The van der Waals surface area contributed by atoms with Gasteiger partial charge in [0, 0.05) is 64.1 Å². The Morgan fingerprint density at radius 2 is 0.713 bits per heavy atom. The van der Waals surface area contributed by atoms with Crippen LogP contribution in [-0.4, -0.2) is 150 Å². The van der Waals surface area contributed by atoms with Crippen LogP contribution < -0.4 is 9.47 Å². The third-order valence-electron chi connectivity index (χ3n) is 14.5.